The smallest absolute Gasteiger partial charge is 0.162 e. The van der Waals surface area contributed by atoms with E-state index in [0.29, 0.717) is 49.8 Å². The number of halogens is 2. The Labute approximate surface area is 184 Å². The fraction of sp³-hybridized carbons (Fsp3) is 0.130. The lowest BCUT2D eigenvalue weighted by atomic mass is 10.1. The zero-order valence-electron chi connectivity index (χ0n) is 16.6. The van der Waals surface area contributed by atoms with Gasteiger partial charge in [0, 0.05) is 28.9 Å². The fourth-order valence-corrected chi connectivity index (χ4v) is 3.76. The molecule has 2 aromatic carbocycles. The van der Waals surface area contributed by atoms with Gasteiger partial charge in [-0.15, -0.1) is 0 Å². The number of pyridine rings is 2. The monoisotopic (exact) mass is 440 g/mol. The minimum atomic E-state index is 0.497. The summed E-state index contributed by atoms with van der Waals surface area (Å²) >= 11 is 12.9. The number of fused-ring (bicyclic) bond motifs is 1. The van der Waals surface area contributed by atoms with Crippen LogP contribution in [0, 0.1) is 6.92 Å². The van der Waals surface area contributed by atoms with Gasteiger partial charge in [-0.2, -0.15) is 0 Å². The summed E-state index contributed by atoms with van der Waals surface area (Å²) in [7, 11) is 3.17. The average Bonchev–Trinajstić information content (AvgIpc) is 2.74. The molecule has 0 saturated heterocycles. The van der Waals surface area contributed by atoms with Crippen molar-refractivity contribution < 1.29 is 14.2 Å². The van der Waals surface area contributed by atoms with Crippen LogP contribution >= 0.6 is 23.2 Å². The molecule has 4 rings (SSSR count). The molecule has 30 heavy (non-hydrogen) atoms. The van der Waals surface area contributed by atoms with Crippen LogP contribution < -0.4 is 14.2 Å². The molecule has 0 radical (unpaired) electrons. The van der Waals surface area contributed by atoms with E-state index < -0.39 is 0 Å². The summed E-state index contributed by atoms with van der Waals surface area (Å²) in [5.74, 6) is 2.29. The van der Waals surface area contributed by atoms with Crippen LogP contribution in [0.25, 0.3) is 22.2 Å². The third kappa shape index (κ3) is 3.74. The van der Waals surface area contributed by atoms with Gasteiger partial charge in [-0.3, -0.25) is 4.98 Å². The lowest BCUT2D eigenvalue weighted by Crippen LogP contribution is -1.96. The Morgan fingerprint density at radius 3 is 2.20 bits per heavy atom. The summed E-state index contributed by atoms with van der Waals surface area (Å²) in [4.78, 5) is 9.07. The molecule has 2 aromatic heterocycles. The third-order valence-electron chi connectivity index (χ3n) is 4.62. The van der Waals surface area contributed by atoms with E-state index in [-0.39, 0.29) is 0 Å². The Morgan fingerprint density at radius 1 is 0.800 bits per heavy atom. The van der Waals surface area contributed by atoms with E-state index in [0.717, 1.165) is 11.1 Å². The summed E-state index contributed by atoms with van der Waals surface area (Å²) < 4.78 is 17.1. The van der Waals surface area contributed by atoms with Gasteiger partial charge in [-0.1, -0.05) is 29.3 Å². The SMILES string of the molecule is COc1cc2nccc(Oc3ccc(C)nc3-c3c(Cl)cccc3Cl)c2cc1OC. The number of methoxy groups -OCH3 is 2. The van der Waals surface area contributed by atoms with Gasteiger partial charge in [0.15, 0.2) is 17.2 Å². The molecule has 0 amide bonds. The third-order valence-corrected chi connectivity index (χ3v) is 5.25. The molecule has 4 aromatic rings. The van der Waals surface area contributed by atoms with E-state index in [4.69, 9.17) is 37.4 Å². The fourth-order valence-electron chi connectivity index (χ4n) is 3.18. The summed E-state index contributed by atoms with van der Waals surface area (Å²) in [6.07, 6.45) is 1.67. The van der Waals surface area contributed by atoms with E-state index in [1.807, 2.05) is 25.1 Å². The number of aryl methyl sites for hydroxylation is 1. The van der Waals surface area contributed by atoms with Crippen molar-refractivity contribution in [2.24, 2.45) is 0 Å². The minimum Gasteiger partial charge on any atom is -0.493 e. The summed E-state index contributed by atoms with van der Waals surface area (Å²) in [5, 5.41) is 1.76. The van der Waals surface area contributed by atoms with Gasteiger partial charge in [-0.25, -0.2) is 4.98 Å². The molecule has 0 saturated carbocycles. The van der Waals surface area contributed by atoms with Gasteiger partial charge < -0.3 is 14.2 Å². The zero-order chi connectivity index (χ0) is 21.3. The van der Waals surface area contributed by atoms with E-state index in [2.05, 4.69) is 9.97 Å². The maximum absolute atomic E-state index is 6.44. The Kier molecular flexibility index (Phi) is 5.66. The van der Waals surface area contributed by atoms with Crippen molar-refractivity contribution in [3.05, 3.63) is 70.5 Å². The molecule has 0 aliphatic rings. The number of aromatic nitrogens is 2. The van der Waals surface area contributed by atoms with Crippen LogP contribution in [0.3, 0.4) is 0 Å². The molecular formula is C23H18Cl2N2O3. The van der Waals surface area contributed by atoms with Gasteiger partial charge in [0.25, 0.3) is 0 Å². The van der Waals surface area contributed by atoms with Crippen LogP contribution in [0.15, 0.2) is 54.7 Å². The van der Waals surface area contributed by atoms with Crippen molar-refractivity contribution in [1.29, 1.82) is 0 Å². The van der Waals surface area contributed by atoms with Gasteiger partial charge >= 0.3 is 0 Å². The highest BCUT2D eigenvalue weighted by Gasteiger charge is 2.18. The second kappa shape index (κ2) is 8.38. The van der Waals surface area contributed by atoms with Crippen molar-refractivity contribution in [3.63, 3.8) is 0 Å². The van der Waals surface area contributed by atoms with Gasteiger partial charge in [0.1, 0.15) is 11.4 Å². The Morgan fingerprint density at radius 2 is 1.50 bits per heavy atom. The second-order valence-corrected chi connectivity index (χ2v) is 7.35. The van der Waals surface area contributed by atoms with Crippen LogP contribution in [0.1, 0.15) is 5.69 Å². The largest absolute Gasteiger partial charge is 0.493 e. The maximum atomic E-state index is 6.44. The lowest BCUT2D eigenvalue weighted by Gasteiger charge is -2.15. The normalized spacial score (nSPS) is 10.8. The number of ether oxygens (including phenoxy) is 3. The molecule has 0 aliphatic heterocycles. The summed E-state index contributed by atoms with van der Waals surface area (Å²) in [6.45, 7) is 1.90. The molecular weight excluding hydrogens is 423 g/mol. The molecule has 0 bridgehead atoms. The minimum absolute atomic E-state index is 0.497. The van der Waals surface area contributed by atoms with Crippen molar-refractivity contribution in [2.75, 3.05) is 14.2 Å². The summed E-state index contributed by atoms with van der Waals surface area (Å²) in [6, 6.07) is 14.5. The number of rotatable bonds is 5. The number of nitrogens with zero attached hydrogens (tertiary/aromatic N) is 2. The van der Waals surface area contributed by atoms with E-state index in [9.17, 15) is 0 Å². The predicted molar refractivity (Wildman–Crippen MR) is 119 cm³/mol. The van der Waals surface area contributed by atoms with Crippen LogP contribution in [-0.2, 0) is 0 Å². The van der Waals surface area contributed by atoms with E-state index >= 15 is 0 Å². The molecule has 152 valence electrons. The molecule has 0 fully saturated rings. The highest BCUT2D eigenvalue weighted by molar-refractivity contribution is 6.39. The lowest BCUT2D eigenvalue weighted by molar-refractivity contribution is 0.355. The maximum Gasteiger partial charge on any atom is 0.162 e. The van der Waals surface area contributed by atoms with Crippen molar-refractivity contribution in [3.8, 4) is 34.3 Å². The first-order valence-corrected chi connectivity index (χ1v) is 9.88. The molecule has 0 aliphatic carbocycles. The van der Waals surface area contributed by atoms with Crippen molar-refractivity contribution >= 4 is 34.1 Å². The molecule has 7 heteroatoms. The molecule has 5 nitrogen and oxygen atoms in total. The van der Waals surface area contributed by atoms with Gasteiger partial charge in [0.05, 0.1) is 29.8 Å². The first kappa shape index (κ1) is 20.3. The molecule has 0 atom stereocenters. The average molecular weight is 441 g/mol. The summed E-state index contributed by atoms with van der Waals surface area (Å²) in [5.41, 5.74) is 2.72. The van der Waals surface area contributed by atoms with Crippen LogP contribution in [0.4, 0.5) is 0 Å². The van der Waals surface area contributed by atoms with Gasteiger partial charge in [-0.05, 0) is 43.3 Å². The topological polar surface area (TPSA) is 53.5 Å². The Hall–Kier alpha value is -3.02. The highest BCUT2D eigenvalue weighted by Crippen LogP contribution is 2.42. The van der Waals surface area contributed by atoms with Crippen molar-refractivity contribution in [1.82, 2.24) is 9.97 Å². The van der Waals surface area contributed by atoms with Gasteiger partial charge in [0.2, 0.25) is 0 Å². The Balaban J connectivity index is 1.87. The van der Waals surface area contributed by atoms with Crippen LogP contribution in [-0.4, -0.2) is 24.2 Å². The quantitative estimate of drug-likeness (QED) is 0.344. The zero-order valence-corrected chi connectivity index (χ0v) is 18.1. The first-order chi connectivity index (χ1) is 14.5. The Bertz CT molecular complexity index is 1220. The molecule has 0 N–H and O–H groups in total. The van der Waals surface area contributed by atoms with E-state index in [1.54, 1.807) is 50.7 Å². The first-order valence-electron chi connectivity index (χ1n) is 9.12. The number of hydrogen-bond donors (Lipinski definition) is 0. The predicted octanol–water partition coefficient (Wildman–Crippen LogP) is 6.72. The molecule has 0 spiro atoms. The number of hydrogen-bond acceptors (Lipinski definition) is 5. The van der Waals surface area contributed by atoms with Crippen LogP contribution in [0.2, 0.25) is 10.0 Å². The standard InChI is InChI=1S/C23H18Cl2N2O3/c1-13-7-8-19(23(27-13)22-15(24)5-4-6-16(22)25)30-18-9-10-26-17-12-21(29-3)20(28-2)11-14(17)18/h4-12H,1-3H3. The van der Waals surface area contributed by atoms with E-state index in [1.165, 1.54) is 0 Å². The highest BCUT2D eigenvalue weighted by atomic mass is 35.5. The second-order valence-electron chi connectivity index (χ2n) is 6.53. The van der Waals surface area contributed by atoms with Crippen molar-refractivity contribution in [2.45, 2.75) is 6.92 Å². The van der Waals surface area contributed by atoms with Crippen LogP contribution in [0.5, 0.6) is 23.0 Å². The molecule has 2 heterocycles. The number of benzene rings is 2. The molecule has 0 unspecified atom stereocenters.